The first-order valence-electron chi connectivity index (χ1n) is 10.9. The van der Waals surface area contributed by atoms with Gasteiger partial charge in [-0.3, -0.25) is 9.59 Å². The molecule has 1 aromatic carbocycles. The van der Waals surface area contributed by atoms with Crippen molar-refractivity contribution >= 4 is 22.8 Å². The van der Waals surface area contributed by atoms with Crippen molar-refractivity contribution in [3.8, 4) is 11.3 Å². The van der Waals surface area contributed by atoms with Crippen LogP contribution < -0.4 is 0 Å². The number of piperazine rings is 1. The average Bonchev–Trinajstić information content (AvgIpc) is 3.22. The highest BCUT2D eigenvalue weighted by Gasteiger charge is 2.27. The first-order valence-corrected chi connectivity index (χ1v) is 10.9. The zero-order chi connectivity index (χ0) is 22.1. The summed E-state index contributed by atoms with van der Waals surface area (Å²) in [5, 5.41) is 5.28. The Labute approximate surface area is 182 Å². The number of hydrogen-bond acceptors (Lipinski definition) is 4. The molecule has 3 heterocycles. The third kappa shape index (κ3) is 3.92. The van der Waals surface area contributed by atoms with E-state index < -0.39 is 0 Å². The summed E-state index contributed by atoms with van der Waals surface area (Å²) in [5.74, 6) is 0.104. The molecule has 0 N–H and O–H groups in total. The summed E-state index contributed by atoms with van der Waals surface area (Å²) < 4.78 is 1.87. The van der Waals surface area contributed by atoms with Gasteiger partial charge < -0.3 is 9.80 Å². The summed E-state index contributed by atoms with van der Waals surface area (Å²) in [7, 11) is 0. The van der Waals surface area contributed by atoms with Gasteiger partial charge in [0.05, 0.1) is 22.8 Å². The lowest BCUT2D eigenvalue weighted by Crippen LogP contribution is -2.50. The normalized spacial score (nSPS) is 14.5. The van der Waals surface area contributed by atoms with Crippen LogP contribution in [0.15, 0.2) is 36.5 Å². The largest absolute Gasteiger partial charge is 0.339 e. The molecule has 0 aliphatic carbocycles. The minimum absolute atomic E-state index is 0.0332. The highest BCUT2D eigenvalue weighted by atomic mass is 16.2. The number of pyridine rings is 1. The second-order valence-corrected chi connectivity index (χ2v) is 8.32. The Morgan fingerprint density at radius 3 is 2.39 bits per heavy atom. The fourth-order valence-electron chi connectivity index (χ4n) is 4.12. The van der Waals surface area contributed by atoms with E-state index in [0.29, 0.717) is 38.2 Å². The van der Waals surface area contributed by atoms with Crippen molar-refractivity contribution in [2.75, 3.05) is 26.2 Å². The highest BCUT2D eigenvalue weighted by molar-refractivity contribution is 6.06. The van der Waals surface area contributed by atoms with Gasteiger partial charge in [0, 0.05) is 44.2 Å². The van der Waals surface area contributed by atoms with E-state index in [-0.39, 0.29) is 17.9 Å². The van der Waals surface area contributed by atoms with Gasteiger partial charge in [0.15, 0.2) is 5.65 Å². The smallest absolute Gasteiger partial charge is 0.254 e. The molecule has 1 fully saturated rings. The monoisotopic (exact) mass is 419 g/mol. The number of rotatable bonds is 4. The van der Waals surface area contributed by atoms with Gasteiger partial charge in [0.25, 0.3) is 5.91 Å². The van der Waals surface area contributed by atoms with Gasteiger partial charge in [0.1, 0.15) is 0 Å². The molecule has 1 aliphatic heterocycles. The highest BCUT2D eigenvalue weighted by Crippen LogP contribution is 2.29. The number of hydrogen-bond donors (Lipinski definition) is 0. The third-order valence-electron chi connectivity index (χ3n) is 5.93. The summed E-state index contributed by atoms with van der Waals surface area (Å²) in [6.45, 7) is 10.2. The lowest BCUT2D eigenvalue weighted by molar-refractivity contribution is -0.132. The molecule has 2 amide bonds. The maximum absolute atomic E-state index is 13.6. The molecular weight excluding hydrogens is 390 g/mol. The molecule has 1 saturated heterocycles. The van der Waals surface area contributed by atoms with Crippen molar-refractivity contribution in [2.45, 2.75) is 40.2 Å². The van der Waals surface area contributed by atoms with E-state index >= 15 is 0 Å². The number of amides is 2. The van der Waals surface area contributed by atoms with Crippen LogP contribution in [0.4, 0.5) is 0 Å². The van der Waals surface area contributed by atoms with Crippen LogP contribution in [0.5, 0.6) is 0 Å². The SMILES string of the molecule is CCC(=O)N1CCN(C(=O)c2cc(-c3ccccc3C)nc3c2cnn3C(C)C)CC1. The Morgan fingerprint density at radius 1 is 1.06 bits per heavy atom. The van der Waals surface area contributed by atoms with Gasteiger partial charge in [0.2, 0.25) is 5.91 Å². The molecule has 2 aromatic heterocycles. The lowest BCUT2D eigenvalue weighted by Gasteiger charge is -2.34. The maximum atomic E-state index is 13.6. The van der Waals surface area contributed by atoms with Crippen LogP contribution in [-0.2, 0) is 4.79 Å². The molecule has 31 heavy (non-hydrogen) atoms. The first-order chi connectivity index (χ1) is 14.9. The fraction of sp³-hybridized carbons (Fsp3) is 0.417. The quantitative estimate of drug-likeness (QED) is 0.647. The third-order valence-corrected chi connectivity index (χ3v) is 5.93. The van der Waals surface area contributed by atoms with E-state index in [4.69, 9.17) is 4.98 Å². The van der Waals surface area contributed by atoms with E-state index in [0.717, 1.165) is 27.9 Å². The van der Waals surface area contributed by atoms with Gasteiger partial charge in [-0.05, 0) is 32.4 Å². The molecule has 7 nitrogen and oxygen atoms in total. The van der Waals surface area contributed by atoms with Gasteiger partial charge in [-0.15, -0.1) is 0 Å². The van der Waals surface area contributed by atoms with Gasteiger partial charge in [-0.25, -0.2) is 9.67 Å². The molecule has 1 aliphatic rings. The minimum Gasteiger partial charge on any atom is -0.339 e. The number of aromatic nitrogens is 3. The molecule has 0 saturated carbocycles. The summed E-state index contributed by atoms with van der Waals surface area (Å²) in [6.07, 6.45) is 2.24. The maximum Gasteiger partial charge on any atom is 0.254 e. The first kappa shape index (κ1) is 21.0. The predicted octanol–water partition coefficient (Wildman–Crippen LogP) is 3.68. The average molecular weight is 420 g/mol. The topological polar surface area (TPSA) is 71.3 Å². The van der Waals surface area contributed by atoms with Crippen molar-refractivity contribution in [2.24, 2.45) is 0 Å². The molecule has 0 bridgehead atoms. The molecule has 0 atom stereocenters. The van der Waals surface area contributed by atoms with Gasteiger partial charge in [-0.1, -0.05) is 31.2 Å². The Hall–Kier alpha value is -3.22. The molecule has 162 valence electrons. The molecule has 3 aromatic rings. The van der Waals surface area contributed by atoms with Crippen LogP contribution >= 0.6 is 0 Å². The van der Waals surface area contributed by atoms with Crippen molar-refractivity contribution < 1.29 is 9.59 Å². The van der Waals surface area contributed by atoms with E-state index in [2.05, 4.69) is 18.9 Å². The van der Waals surface area contributed by atoms with E-state index in [1.165, 1.54) is 0 Å². The number of fused-ring (bicyclic) bond motifs is 1. The number of aryl methyl sites for hydroxylation is 1. The second-order valence-electron chi connectivity index (χ2n) is 8.32. The second kappa shape index (κ2) is 8.49. The van der Waals surface area contributed by atoms with Crippen LogP contribution in [0.3, 0.4) is 0 Å². The predicted molar refractivity (Wildman–Crippen MR) is 121 cm³/mol. The van der Waals surface area contributed by atoms with E-state index in [9.17, 15) is 9.59 Å². The Bertz CT molecular complexity index is 1130. The van der Waals surface area contributed by atoms with Crippen molar-refractivity contribution in [1.29, 1.82) is 0 Å². The van der Waals surface area contributed by atoms with E-state index in [1.807, 2.05) is 58.7 Å². The lowest BCUT2D eigenvalue weighted by atomic mass is 10.0. The van der Waals surface area contributed by atoms with Crippen LogP contribution in [0.1, 0.15) is 49.2 Å². The standard InChI is InChI=1S/C24H29N5O2/c1-5-22(30)27-10-12-28(13-11-27)24(31)19-14-21(18-9-7-6-8-17(18)4)26-23-20(19)15-25-29(23)16(2)3/h6-9,14-16H,5,10-13H2,1-4H3. The molecular formula is C24H29N5O2. The minimum atomic E-state index is -0.0332. The Balaban J connectivity index is 1.75. The number of carbonyl (C=O) groups is 2. The Kier molecular flexibility index (Phi) is 5.76. The van der Waals surface area contributed by atoms with E-state index in [1.54, 1.807) is 6.20 Å². The summed E-state index contributed by atoms with van der Waals surface area (Å²) in [4.78, 5) is 34.1. The van der Waals surface area contributed by atoms with Crippen LogP contribution in [0, 0.1) is 6.92 Å². The number of benzene rings is 1. The molecule has 0 unspecified atom stereocenters. The van der Waals surface area contributed by atoms with Crippen LogP contribution in [0.25, 0.3) is 22.3 Å². The fourth-order valence-corrected chi connectivity index (χ4v) is 4.12. The van der Waals surface area contributed by atoms with Gasteiger partial charge >= 0.3 is 0 Å². The molecule has 0 radical (unpaired) electrons. The van der Waals surface area contributed by atoms with Crippen LogP contribution in [0.2, 0.25) is 0 Å². The Morgan fingerprint density at radius 2 is 1.74 bits per heavy atom. The molecule has 0 spiro atoms. The number of carbonyl (C=O) groups excluding carboxylic acids is 2. The zero-order valence-corrected chi connectivity index (χ0v) is 18.6. The van der Waals surface area contributed by atoms with Crippen molar-refractivity contribution in [3.63, 3.8) is 0 Å². The summed E-state index contributed by atoms with van der Waals surface area (Å²) >= 11 is 0. The summed E-state index contributed by atoms with van der Waals surface area (Å²) in [5.41, 5.74) is 4.23. The zero-order valence-electron chi connectivity index (χ0n) is 18.6. The molecule has 4 rings (SSSR count). The molecule has 7 heteroatoms. The van der Waals surface area contributed by atoms with Crippen LogP contribution in [-0.4, -0.2) is 62.6 Å². The van der Waals surface area contributed by atoms with Crippen molar-refractivity contribution in [1.82, 2.24) is 24.6 Å². The van der Waals surface area contributed by atoms with Crippen molar-refractivity contribution in [3.05, 3.63) is 47.7 Å². The number of nitrogens with zero attached hydrogens (tertiary/aromatic N) is 5. The van der Waals surface area contributed by atoms with Gasteiger partial charge in [-0.2, -0.15) is 5.10 Å². The summed E-state index contributed by atoms with van der Waals surface area (Å²) in [6, 6.07) is 10.1.